The topological polar surface area (TPSA) is 67.2 Å². The summed E-state index contributed by atoms with van der Waals surface area (Å²) < 4.78 is 0. The second kappa shape index (κ2) is 3.86. The Morgan fingerprint density at radius 1 is 1.53 bits per heavy atom. The predicted octanol–water partition coefficient (Wildman–Crippen LogP) is 1.29. The van der Waals surface area contributed by atoms with E-state index in [1.165, 1.54) is 0 Å². The van der Waals surface area contributed by atoms with Gasteiger partial charge in [-0.1, -0.05) is 6.07 Å². The summed E-state index contributed by atoms with van der Waals surface area (Å²) in [5, 5.41) is 17.1. The summed E-state index contributed by atoms with van der Waals surface area (Å²) in [5.74, 6) is 0. The molecule has 1 heterocycles. The minimum atomic E-state index is -0.348. The van der Waals surface area contributed by atoms with Crippen molar-refractivity contribution in [1.82, 2.24) is 5.32 Å². The van der Waals surface area contributed by atoms with Crippen LogP contribution in [0.15, 0.2) is 18.2 Å². The second-order valence-corrected chi connectivity index (χ2v) is 3.76. The number of hydrogen-bond acceptors (Lipinski definition) is 4. The average molecular weight is 207 g/mol. The van der Waals surface area contributed by atoms with Crippen molar-refractivity contribution < 1.29 is 4.92 Å². The van der Waals surface area contributed by atoms with Crippen molar-refractivity contribution in [2.75, 3.05) is 18.4 Å². The van der Waals surface area contributed by atoms with Crippen molar-refractivity contribution >= 4 is 11.4 Å². The van der Waals surface area contributed by atoms with Crippen LogP contribution in [0.1, 0.15) is 5.56 Å². The third-order valence-electron chi connectivity index (χ3n) is 2.56. The first-order chi connectivity index (χ1) is 7.16. The summed E-state index contributed by atoms with van der Waals surface area (Å²) >= 11 is 0. The van der Waals surface area contributed by atoms with Gasteiger partial charge in [0.25, 0.3) is 5.69 Å². The van der Waals surface area contributed by atoms with Crippen LogP contribution < -0.4 is 10.6 Å². The quantitative estimate of drug-likeness (QED) is 0.579. The van der Waals surface area contributed by atoms with Gasteiger partial charge in [0.2, 0.25) is 0 Å². The summed E-state index contributed by atoms with van der Waals surface area (Å²) in [5.41, 5.74) is 1.68. The molecule has 0 spiro atoms. The van der Waals surface area contributed by atoms with Gasteiger partial charge in [-0.3, -0.25) is 10.1 Å². The fraction of sp³-hybridized carbons (Fsp3) is 0.400. The van der Waals surface area contributed by atoms with Gasteiger partial charge in [-0.05, 0) is 13.0 Å². The van der Waals surface area contributed by atoms with Crippen LogP contribution in [0.4, 0.5) is 11.4 Å². The zero-order valence-electron chi connectivity index (χ0n) is 8.49. The maximum absolute atomic E-state index is 10.7. The van der Waals surface area contributed by atoms with Gasteiger partial charge >= 0.3 is 0 Å². The summed E-state index contributed by atoms with van der Waals surface area (Å²) in [4.78, 5) is 10.4. The highest BCUT2D eigenvalue weighted by molar-refractivity contribution is 5.55. The molecule has 1 fully saturated rings. The van der Waals surface area contributed by atoms with E-state index in [-0.39, 0.29) is 10.6 Å². The molecule has 0 radical (unpaired) electrons. The number of rotatable bonds is 3. The molecule has 1 aliphatic heterocycles. The van der Waals surface area contributed by atoms with Crippen molar-refractivity contribution in [2.45, 2.75) is 13.0 Å². The molecule has 1 aliphatic rings. The fourth-order valence-electron chi connectivity index (χ4n) is 1.52. The standard InChI is InChI=1S/C10H13N3O2/c1-7-2-3-8(4-10(7)13(14)15)12-9-5-11-6-9/h2-4,9,11-12H,5-6H2,1H3. The second-order valence-electron chi connectivity index (χ2n) is 3.76. The molecule has 1 saturated heterocycles. The van der Waals surface area contributed by atoms with Gasteiger partial charge in [-0.15, -0.1) is 0 Å². The lowest BCUT2D eigenvalue weighted by atomic mass is 10.1. The van der Waals surface area contributed by atoms with Crippen molar-refractivity contribution in [1.29, 1.82) is 0 Å². The Morgan fingerprint density at radius 3 is 2.80 bits per heavy atom. The molecule has 0 bridgehead atoms. The molecule has 0 saturated carbocycles. The molecule has 15 heavy (non-hydrogen) atoms. The maximum Gasteiger partial charge on any atom is 0.274 e. The van der Waals surface area contributed by atoms with Gasteiger partial charge in [0.1, 0.15) is 0 Å². The Kier molecular flexibility index (Phi) is 2.55. The Balaban J connectivity index is 2.17. The van der Waals surface area contributed by atoms with Crippen LogP contribution in [-0.4, -0.2) is 24.1 Å². The minimum Gasteiger partial charge on any atom is -0.380 e. The van der Waals surface area contributed by atoms with E-state index in [1.54, 1.807) is 19.1 Å². The number of hydrogen-bond donors (Lipinski definition) is 2. The Bertz CT molecular complexity index is 388. The van der Waals surface area contributed by atoms with E-state index in [4.69, 9.17) is 0 Å². The molecule has 1 aromatic rings. The number of nitro benzene ring substituents is 1. The van der Waals surface area contributed by atoms with Crippen LogP contribution in [0.25, 0.3) is 0 Å². The summed E-state index contributed by atoms with van der Waals surface area (Å²) in [6, 6.07) is 5.63. The van der Waals surface area contributed by atoms with Crippen LogP contribution in [0.3, 0.4) is 0 Å². The van der Waals surface area contributed by atoms with Gasteiger partial charge in [-0.2, -0.15) is 0 Å². The van der Waals surface area contributed by atoms with E-state index < -0.39 is 0 Å². The number of benzene rings is 1. The fourth-order valence-corrected chi connectivity index (χ4v) is 1.52. The molecular weight excluding hydrogens is 194 g/mol. The zero-order valence-corrected chi connectivity index (χ0v) is 8.49. The van der Waals surface area contributed by atoms with Crippen molar-refractivity contribution in [3.8, 4) is 0 Å². The molecule has 1 aromatic carbocycles. The first-order valence-corrected chi connectivity index (χ1v) is 4.89. The summed E-state index contributed by atoms with van der Waals surface area (Å²) in [7, 11) is 0. The highest BCUT2D eigenvalue weighted by Gasteiger charge is 2.17. The SMILES string of the molecule is Cc1ccc(NC2CNC2)cc1[N+](=O)[O-]. The highest BCUT2D eigenvalue weighted by atomic mass is 16.6. The third-order valence-corrected chi connectivity index (χ3v) is 2.56. The normalized spacial score (nSPS) is 15.8. The molecule has 0 atom stereocenters. The van der Waals surface area contributed by atoms with Crippen molar-refractivity contribution in [3.63, 3.8) is 0 Å². The first kappa shape index (κ1) is 9.92. The number of nitro groups is 1. The highest BCUT2D eigenvalue weighted by Crippen LogP contribution is 2.22. The van der Waals surface area contributed by atoms with E-state index in [0.29, 0.717) is 11.6 Å². The molecule has 0 amide bonds. The van der Waals surface area contributed by atoms with Gasteiger partial charge in [0.15, 0.2) is 0 Å². The zero-order chi connectivity index (χ0) is 10.8. The Labute approximate surface area is 87.6 Å². The summed E-state index contributed by atoms with van der Waals surface area (Å²) in [6.07, 6.45) is 0. The third kappa shape index (κ3) is 2.07. The summed E-state index contributed by atoms with van der Waals surface area (Å²) in [6.45, 7) is 3.58. The molecular formula is C10H13N3O2. The molecule has 2 N–H and O–H groups in total. The minimum absolute atomic E-state index is 0.173. The van der Waals surface area contributed by atoms with Gasteiger partial charge < -0.3 is 10.6 Å². The van der Waals surface area contributed by atoms with E-state index in [0.717, 1.165) is 18.8 Å². The van der Waals surface area contributed by atoms with Crippen LogP contribution in [0.2, 0.25) is 0 Å². The number of nitrogens with zero attached hydrogens (tertiary/aromatic N) is 1. The Hall–Kier alpha value is -1.62. The van der Waals surface area contributed by atoms with Gasteiger partial charge in [0, 0.05) is 30.4 Å². The predicted molar refractivity (Wildman–Crippen MR) is 58.1 cm³/mol. The molecule has 80 valence electrons. The number of nitrogens with one attached hydrogen (secondary N) is 2. The van der Waals surface area contributed by atoms with Gasteiger partial charge in [0.05, 0.1) is 11.0 Å². The van der Waals surface area contributed by atoms with Crippen LogP contribution in [0.5, 0.6) is 0 Å². The van der Waals surface area contributed by atoms with E-state index in [1.807, 2.05) is 6.07 Å². The molecule has 5 heteroatoms. The molecule has 0 aliphatic carbocycles. The molecule has 2 rings (SSSR count). The van der Waals surface area contributed by atoms with Crippen molar-refractivity contribution in [2.24, 2.45) is 0 Å². The average Bonchev–Trinajstić information content (AvgIpc) is 2.13. The van der Waals surface area contributed by atoms with E-state index in [9.17, 15) is 10.1 Å². The van der Waals surface area contributed by atoms with E-state index in [2.05, 4.69) is 10.6 Å². The van der Waals surface area contributed by atoms with Crippen LogP contribution >= 0.6 is 0 Å². The lowest BCUT2D eigenvalue weighted by Gasteiger charge is -2.28. The van der Waals surface area contributed by atoms with Crippen molar-refractivity contribution in [3.05, 3.63) is 33.9 Å². The molecule has 0 aromatic heterocycles. The monoisotopic (exact) mass is 207 g/mol. The smallest absolute Gasteiger partial charge is 0.274 e. The number of aryl methyl sites for hydroxylation is 1. The van der Waals surface area contributed by atoms with Crippen LogP contribution in [0, 0.1) is 17.0 Å². The van der Waals surface area contributed by atoms with Crippen LogP contribution in [-0.2, 0) is 0 Å². The lowest BCUT2D eigenvalue weighted by Crippen LogP contribution is -2.51. The largest absolute Gasteiger partial charge is 0.380 e. The lowest BCUT2D eigenvalue weighted by molar-refractivity contribution is -0.385. The number of anilines is 1. The molecule has 0 unspecified atom stereocenters. The van der Waals surface area contributed by atoms with Gasteiger partial charge in [-0.25, -0.2) is 0 Å². The molecule has 5 nitrogen and oxygen atoms in total. The first-order valence-electron chi connectivity index (χ1n) is 4.89. The maximum atomic E-state index is 10.7. The van der Waals surface area contributed by atoms with E-state index >= 15 is 0 Å². The Morgan fingerprint density at radius 2 is 2.27 bits per heavy atom.